The molecule has 1 N–H and O–H groups in total. The van der Waals surface area contributed by atoms with E-state index in [1.807, 2.05) is 13.0 Å². The van der Waals surface area contributed by atoms with E-state index < -0.39 is 0 Å². The molecule has 4 nitrogen and oxygen atoms in total. The van der Waals surface area contributed by atoms with Crippen LogP contribution in [0.5, 0.6) is 0 Å². The number of nitrogens with zero attached hydrogens (tertiary/aromatic N) is 3. The molecular weight excluding hydrogens is 224 g/mol. The average molecular weight is 242 g/mol. The lowest BCUT2D eigenvalue weighted by molar-refractivity contribution is 0.410. The number of nitrogens with one attached hydrogen (secondary N) is 1. The van der Waals surface area contributed by atoms with Gasteiger partial charge in [-0.1, -0.05) is 24.6 Å². The van der Waals surface area contributed by atoms with E-state index in [1.54, 1.807) is 11.0 Å². The Morgan fingerprint density at radius 2 is 2.17 bits per heavy atom. The number of piperidine rings is 1. The van der Waals surface area contributed by atoms with Crippen molar-refractivity contribution in [3.8, 4) is 5.69 Å². The maximum Gasteiger partial charge on any atom is 0.0904 e. The third kappa shape index (κ3) is 2.16. The van der Waals surface area contributed by atoms with Crippen LogP contribution in [0.1, 0.15) is 36.6 Å². The second-order valence-corrected chi connectivity index (χ2v) is 4.84. The quantitative estimate of drug-likeness (QED) is 0.879. The molecule has 1 fully saturated rings. The van der Waals surface area contributed by atoms with Gasteiger partial charge in [0.05, 0.1) is 17.6 Å². The SMILES string of the molecule is Cc1cnn(-c2ccccc2C2CCCCN2)n1. The summed E-state index contributed by atoms with van der Waals surface area (Å²) in [6.45, 7) is 3.07. The van der Waals surface area contributed by atoms with Crippen molar-refractivity contribution in [2.45, 2.75) is 32.2 Å². The average Bonchev–Trinajstić information content (AvgIpc) is 2.86. The molecule has 1 aliphatic heterocycles. The minimum atomic E-state index is 0.432. The maximum atomic E-state index is 4.41. The Hall–Kier alpha value is -1.68. The summed E-state index contributed by atoms with van der Waals surface area (Å²) in [5.74, 6) is 0. The molecule has 3 rings (SSSR count). The highest BCUT2D eigenvalue weighted by atomic mass is 15.5. The maximum absolute atomic E-state index is 4.41. The standard InChI is InChI=1S/C14H18N4/c1-11-10-16-18(17-11)14-8-3-2-6-12(14)13-7-4-5-9-15-13/h2-3,6,8,10,13,15H,4-5,7,9H2,1H3. The van der Waals surface area contributed by atoms with Crippen LogP contribution in [0.4, 0.5) is 0 Å². The first-order chi connectivity index (χ1) is 8.84. The van der Waals surface area contributed by atoms with Crippen molar-refractivity contribution in [3.63, 3.8) is 0 Å². The number of rotatable bonds is 2. The lowest BCUT2D eigenvalue weighted by Crippen LogP contribution is -2.27. The van der Waals surface area contributed by atoms with Crippen molar-refractivity contribution < 1.29 is 0 Å². The Kier molecular flexibility index (Phi) is 3.11. The summed E-state index contributed by atoms with van der Waals surface area (Å²) < 4.78 is 0. The minimum Gasteiger partial charge on any atom is -0.310 e. The summed E-state index contributed by atoms with van der Waals surface area (Å²) in [4.78, 5) is 1.74. The van der Waals surface area contributed by atoms with E-state index in [1.165, 1.54) is 24.8 Å². The highest BCUT2D eigenvalue weighted by Gasteiger charge is 2.18. The normalized spacial score (nSPS) is 19.9. The fourth-order valence-electron chi connectivity index (χ4n) is 2.54. The molecule has 1 aliphatic rings. The van der Waals surface area contributed by atoms with Crippen molar-refractivity contribution in [2.24, 2.45) is 0 Å². The van der Waals surface area contributed by atoms with E-state index >= 15 is 0 Å². The van der Waals surface area contributed by atoms with Gasteiger partial charge in [-0.2, -0.15) is 15.0 Å². The van der Waals surface area contributed by atoms with Crippen LogP contribution in [0.25, 0.3) is 5.69 Å². The Morgan fingerprint density at radius 1 is 1.28 bits per heavy atom. The van der Waals surface area contributed by atoms with E-state index in [4.69, 9.17) is 0 Å². The first kappa shape index (κ1) is 11.4. The van der Waals surface area contributed by atoms with Gasteiger partial charge in [0.1, 0.15) is 0 Å². The highest BCUT2D eigenvalue weighted by Crippen LogP contribution is 2.27. The van der Waals surface area contributed by atoms with Crippen LogP contribution in [-0.4, -0.2) is 21.5 Å². The molecular formula is C14H18N4. The molecule has 0 radical (unpaired) electrons. The molecule has 18 heavy (non-hydrogen) atoms. The van der Waals surface area contributed by atoms with Crippen LogP contribution in [0, 0.1) is 6.92 Å². The van der Waals surface area contributed by atoms with E-state index in [0.717, 1.165) is 17.9 Å². The first-order valence-electron chi connectivity index (χ1n) is 6.56. The third-order valence-corrected chi connectivity index (χ3v) is 3.44. The lowest BCUT2D eigenvalue weighted by Gasteiger charge is -2.25. The summed E-state index contributed by atoms with van der Waals surface area (Å²) in [6, 6.07) is 8.83. The van der Waals surface area contributed by atoms with Crippen molar-refractivity contribution in [2.75, 3.05) is 6.54 Å². The molecule has 0 aliphatic carbocycles. The van der Waals surface area contributed by atoms with E-state index in [2.05, 4.69) is 33.7 Å². The summed E-state index contributed by atoms with van der Waals surface area (Å²) in [6.07, 6.45) is 5.55. The summed E-state index contributed by atoms with van der Waals surface area (Å²) >= 11 is 0. The number of hydrogen-bond donors (Lipinski definition) is 1. The summed E-state index contributed by atoms with van der Waals surface area (Å²) in [7, 11) is 0. The Labute approximate surface area is 107 Å². The number of para-hydroxylation sites is 1. The van der Waals surface area contributed by atoms with E-state index in [-0.39, 0.29) is 0 Å². The number of benzene rings is 1. The van der Waals surface area contributed by atoms with Gasteiger partial charge in [0, 0.05) is 6.04 Å². The molecule has 0 amide bonds. The largest absolute Gasteiger partial charge is 0.310 e. The fourth-order valence-corrected chi connectivity index (χ4v) is 2.54. The van der Waals surface area contributed by atoms with Crippen molar-refractivity contribution in [1.29, 1.82) is 0 Å². The highest BCUT2D eigenvalue weighted by molar-refractivity contribution is 5.41. The lowest BCUT2D eigenvalue weighted by atomic mass is 9.96. The van der Waals surface area contributed by atoms with E-state index in [0.29, 0.717) is 6.04 Å². The van der Waals surface area contributed by atoms with Crippen LogP contribution < -0.4 is 5.32 Å². The van der Waals surface area contributed by atoms with Crippen LogP contribution in [-0.2, 0) is 0 Å². The van der Waals surface area contributed by atoms with Gasteiger partial charge in [-0.25, -0.2) is 0 Å². The molecule has 0 spiro atoms. The number of aryl methyl sites for hydroxylation is 1. The van der Waals surface area contributed by atoms with Gasteiger partial charge in [-0.3, -0.25) is 0 Å². The van der Waals surface area contributed by atoms with Gasteiger partial charge in [-0.15, -0.1) is 0 Å². The Morgan fingerprint density at radius 3 is 2.89 bits per heavy atom. The minimum absolute atomic E-state index is 0.432. The molecule has 0 bridgehead atoms. The second-order valence-electron chi connectivity index (χ2n) is 4.84. The van der Waals surface area contributed by atoms with Crippen molar-refractivity contribution in [1.82, 2.24) is 20.3 Å². The zero-order valence-corrected chi connectivity index (χ0v) is 10.6. The van der Waals surface area contributed by atoms with Crippen LogP contribution in [0.3, 0.4) is 0 Å². The van der Waals surface area contributed by atoms with Crippen LogP contribution in [0.2, 0.25) is 0 Å². The monoisotopic (exact) mass is 242 g/mol. The van der Waals surface area contributed by atoms with Crippen LogP contribution >= 0.6 is 0 Å². The Balaban J connectivity index is 1.99. The number of aromatic nitrogens is 3. The van der Waals surface area contributed by atoms with E-state index in [9.17, 15) is 0 Å². The predicted octanol–water partition coefficient (Wildman–Crippen LogP) is 2.39. The van der Waals surface area contributed by atoms with Crippen LogP contribution in [0.15, 0.2) is 30.5 Å². The van der Waals surface area contributed by atoms with Gasteiger partial charge >= 0.3 is 0 Å². The number of hydrogen-bond acceptors (Lipinski definition) is 3. The molecule has 1 aromatic carbocycles. The molecule has 4 heteroatoms. The third-order valence-electron chi connectivity index (χ3n) is 3.44. The first-order valence-corrected chi connectivity index (χ1v) is 6.56. The fraction of sp³-hybridized carbons (Fsp3) is 0.429. The van der Waals surface area contributed by atoms with Gasteiger partial charge in [0.2, 0.25) is 0 Å². The Bertz CT molecular complexity index is 526. The molecule has 1 atom stereocenters. The molecule has 94 valence electrons. The van der Waals surface area contributed by atoms with Gasteiger partial charge in [-0.05, 0) is 37.9 Å². The smallest absolute Gasteiger partial charge is 0.0904 e. The zero-order valence-electron chi connectivity index (χ0n) is 10.6. The van der Waals surface area contributed by atoms with Crippen molar-refractivity contribution >= 4 is 0 Å². The second kappa shape index (κ2) is 4.90. The molecule has 1 unspecified atom stereocenters. The van der Waals surface area contributed by atoms with Gasteiger partial charge in [0.15, 0.2) is 0 Å². The molecule has 1 saturated heterocycles. The van der Waals surface area contributed by atoms with Gasteiger partial charge in [0.25, 0.3) is 0 Å². The van der Waals surface area contributed by atoms with Crippen molar-refractivity contribution in [3.05, 3.63) is 41.7 Å². The zero-order chi connectivity index (χ0) is 12.4. The van der Waals surface area contributed by atoms with Gasteiger partial charge < -0.3 is 5.32 Å². The molecule has 2 heterocycles. The summed E-state index contributed by atoms with van der Waals surface area (Å²) in [5, 5.41) is 12.3. The molecule has 0 saturated carbocycles. The molecule has 2 aromatic rings. The summed E-state index contributed by atoms with van der Waals surface area (Å²) in [5.41, 5.74) is 3.33. The molecule has 1 aromatic heterocycles. The predicted molar refractivity (Wildman–Crippen MR) is 70.7 cm³/mol. The topological polar surface area (TPSA) is 42.7 Å².